The van der Waals surface area contributed by atoms with Crippen molar-refractivity contribution in [3.63, 3.8) is 0 Å². The summed E-state index contributed by atoms with van der Waals surface area (Å²) in [6.45, 7) is -0.318. The van der Waals surface area contributed by atoms with Crippen LogP contribution in [0.5, 0.6) is 17.2 Å². The predicted octanol–water partition coefficient (Wildman–Crippen LogP) is 5.31. The molecule has 3 aromatic carbocycles. The van der Waals surface area contributed by atoms with Crippen LogP contribution in [0.2, 0.25) is 5.02 Å². The summed E-state index contributed by atoms with van der Waals surface area (Å²) in [6.07, 6.45) is 0. The number of nitriles is 1. The molecule has 0 aromatic heterocycles. The fourth-order valence-corrected chi connectivity index (χ4v) is 4.09. The second kappa shape index (κ2) is 9.35. The Hall–Kier alpha value is -3.47. The fourth-order valence-electron chi connectivity index (χ4n) is 3.39. The average molecular weight is 512 g/mol. The van der Waals surface area contributed by atoms with Crippen LogP contribution in [0, 0.1) is 11.3 Å². The zero-order valence-corrected chi connectivity index (χ0v) is 18.9. The van der Waals surface area contributed by atoms with E-state index in [9.17, 15) is 10.1 Å². The number of rotatable bonds is 5. The van der Waals surface area contributed by atoms with E-state index in [1.165, 1.54) is 0 Å². The summed E-state index contributed by atoms with van der Waals surface area (Å²) in [5.74, 6) is 0.0245. The van der Waals surface area contributed by atoms with Gasteiger partial charge in [-0.2, -0.15) is 5.26 Å². The number of carbonyl (C=O) groups is 1. The van der Waals surface area contributed by atoms with Gasteiger partial charge >= 0.3 is 5.97 Å². The number of nitrogens with zero attached hydrogens (tertiary/aromatic N) is 1. The van der Waals surface area contributed by atoms with Crippen molar-refractivity contribution in [1.82, 2.24) is 0 Å². The summed E-state index contributed by atoms with van der Waals surface area (Å²) in [7, 11) is 0. The largest absolute Gasteiger partial charge is 0.480 e. The fraction of sp³-hybridized carbons (Fsp3) is 0.0833. The minimum Gasteiger partial charge on any atom is -0.480 e. The first kappa shape index (κ1) is 21.8. The Morgan fingerprint density at radius 3 is 2.62 bits per heavy atom. The minimum atomic E-state index is -0.607. The number of allylic oxidation sites excluding steroid dienone is 1. The van der Waals surface area contributed by atoms with E-state index in [1.54, 1.807) is 42.5 Å². The lowest BCUT2D eigenvalue weighted by atomic mass is 9.83. The molecule has 0 amide bonds. The van der Waals surface area contributed by atoms with E-state index in [-0.39, 0.29) is 18.2 Å². The van der Waals surface area contributed by atoms with E-state index in [1.807, 2.05) is 24.3 Å². The van der Waals surface area contributed by atoms with Crippen molar-refractivity contribution in [1.29, 1.82) is 5.26 Å². The molecular weight excluding hydrogens is 496 g/mol. The van der Waals surface area contributed by atoms with Gasteiger partial charge in [-0.1, -0.05) is 63.9 Å². The molecule has 0 saturated heterocycles. The number of hydrogen-bond acceptors (Lipinski definition) is 6. The topological polar surface area (TPSA) is 94.6 Å². The Morgan fingerprint density at radius 2 is 1.88 bits per heavy atom. The molecule has 1 atom stereocenters. The van der Waals surface area contributed by atoms with Crippen LogP contribution in [-0.4, -0.2) is 12.6 Å². The Labute approximate surface area is 197 Å². The van der Waals surface area contributed by atoms with Gasteiger partial charge in [-0.05, 0) is 29.8 Å². The first-order valence-electron chi connectivity index (χ1n) is 9.52. The molecule has 3 aromatic rings. The number of hydrogen-bond donors (Lipinski definition) is 1. The van der Waals surface area contributed by atoms with Gasteiger partial charge in [0.15, 0.2) is 6.61 Å². The molecule has 0 bridgehead atoms. The summed E-state index contributed by atoms with van der Waals surface area (Å²) < 4.78 is 17.3. The third-order valence-corrected chi connectivity index (χ3v) is 5.86. The lowest BCUT2D eigenvalue weighted by molar-refractivity contribution is -0.136. The predicted molar refractivity (Wildman–Crippen MR) is 122 cm³/mol. The average Bonchev–Trinajstić information content (AvgIpc) is 2.78. The molecule has 32 heavy (non-hydrogen) atoms. The van der Waals surface area contributed by atoms with Crippen molar-refractivity contribution in [3.05, 3.63) is 98.8 Å². The number of fused-ring (bicyclic) bond motifs is 1. The molecule has 2 N–H and O–H groups in total. The Morgan fingerprint density at radius 1 is 1.12 bits per heavy atom. The molecule has 160 valence electrons. The number of halogens is 2. The molecule has 1 heterocycles. The van der Waals surface area contributed by atoms with Gasteiger partial charge in [-0.15, -0.1) is 0 Å². The first-order chi connectivity index (χ1) is 15.5. The maximum absolute atomic E-state index is 12.2. The van der Waals surface area contributed by atoms with Crippen LogP contribution in [-0.2, 0) is 4.79 Å². The highest BCUT2D eigenvalue weighted by atomic mass is 79.9. The number of benzene rings is 3. The smallest absolute Gasteiger partial charge is 0.349 e. The monoisotopic (exact) mass is 510 g/mol. The second-order valence-electron chi connectivity index (χ2n) is 6.84. The molecule has 0 fully saturated rings. The van der Waals surface area contributed by atoms with Crippen molar-refractivity contribution in [3.8, 4) is 23.3 Å². The lowest BCUT2D eigenvalue weighted by Crippen LogP contribution is -2.22. The number of nitrogens with two attached hydrogens (primary N) is 1. The summed E-state index contributed by atoms with van der Waals surface area (Å²) in [5.41, 5.74) is 7.95. The van der Waals surface area contributed by atoms with Crippen LogP contribution in [0.1, 0.15) is 17.0 Å². The van der Waals surface area contributed by atoms with E-state index in [2.05, 4.69) is 22.0 Å². The van der Waals surface area contributed by atoms with Crippen LogP contribution in [0.3, 0.4) is 0 Å². The number of ether oxygens (including phenoxy) is 3. The normalized spacial score (nSPS) is 14.7. The summed E-state index contributed by atoms with van der Waals surface area (Å²) >= 11 is 9.57. The maximum atomic E-state index is 12.2. The second-order valence-corrected chi connectivity index (χ2v) is 8.10. The van der Waals surface area contributed by atoms with Crippen molar-refractivity contribution < 1.29 is 19.0 Å². The molecule has 0 aliphatic carbocycles. The quantitative estimate of drug-likeness (QED) is 0.369. The molecule has 1 aliphatic rings. The van der Waals surface area contributed by atoms with Gasteiger partial charge in [-0.3, -0.25) is 0 Å². The molecular formula is C24H16BrClN2O4. The highest BCUT2D eigenvalue weighted by Gasteiger charge is 2.32. The van der Waals surface area contributed by atoms with Crippen molar-refractivity contribution in [2.75, 3.05) is 6.61 Å². The molecule has 1 unspecified atom stereocenters. The van der Waals surface area contributed by atoms with Crippen LogP contribution in [0.4, 0.5) is 0 Å². The van der Waals surface area contributed by atoms with E-state index in [4.69, 9.17) is 31.5 Å². The van der Waals surface area contributed by atoms with Gasteiger partial charge in [0, 0.05) is 16.1 Å². The molecule has 8 heteroatoms. The van der Waals surface area contributed by atoms with E-state index in [0.717, 1.165) is 15.6 Å². The Bertz CT molecular complexity index is 1270. The lowest BCUT2D eigenvalue weighted by Gasteiger charge is -2.27. The zero-order valence-electron chi connectivity index (χ0n) is 16.5. The Balaban J connectivity index is 1.57. The molecule has 0 radical (unpaired) electrons. The van der Waals surface area contributed by atoms with Gasteiger partial charge in [-0.25, -0.2) is 4.79 Å². The van der Waals surface area contributed by atoms with Crippen molar-refractivity contribution in [2.45, 2.75) is 5.92 Å². The van der Waals surface area contributed by atoms with Crippen LogP contribution in [0.15, 0.2) is 82.7 Å². The third-order valence-electron chi connectivity index (χ3n) is 4.82. The summed E-state index contributed by atoms with van der Waals surface area (Å²) in [5, 5.41) is 10.1. The van der Waals surface area contributed by atoms with E-state index in [0.29, 0.717) is 22.1 Å². The first-order valence-corrected chi connectivity index (χ1v) is 10.7. The van der Waals surface area contributed by atoms with Gasteiger partial charge in [0.05, 0.1) is 10.9 Å². The molecule has 1 aliphatic heterocycles. The van der Waals surface area contributed by atoms with Gasteiger partial charge < -0.3 is 19.9 Å². The molecule has 4 rings (SSSR count). The van der Waals surface area contributed by atoms with Gasteiger partial charge in [0.1, 0.15) is 28.9 Å². The van der Waals surface area contributed by atoms with Crippen molar-refractivity contribution in [2.24, 2.45) is 5.73 Å². The van der Waals surface area contributed by atoms with Crippen LogP contribution >= 0.6 is 27.5 Å². The zero-order chi connectivity index (χ0) is 22.7. The van der Waals surface area contributed by atoms with Crippen LogP contribution < -0.4 is 19.9 Å². The summed E-state index contributed by atoms with van der Waals surface area (Å²) in [6, 6.07) is 21.5. The molecule has 0 saturated carbocycles. The highest BCUT2D eigenvalue weighted by Crippen LogP contribution is 2.45. The molecule has 0 spiro atoms. The SMILES string of the molecule is N#CC1=C(N)Oc2cc(OC(=O)COc3ccccc3Cl)ccc2C1c1ccccc1Br. The van der Waals surface area contributed by atoms with Gasteiger partial charge in [0.25, 0.3) is 0 Å². The minimum absolute atomic E-state index is 0.00582. The Kier molecular flexibility index (Phi) is 6.35. The van der Waals surface area contributed by atoms with Gasteiger partial charge in [0.2, 0.25) is 5.88 Å². The highest BCUT2D eigenvalue weighted by molar-refractivity contribution is 9.10. The number of esters is 1. The number of carbonyl (C=O) groups excluding carboxylic acids is 1. The van der Waals surface area contributed by atoms with Crippen LogP contribution in [0.25, 0.3) is 0 Å². The van der Waals surface area contributed by atoms with Crippen molar-refractivity contribution >= 4 is 33.5 Å². The third kappa shape index (κ3) is 4.42. The standard InChI is InChI=1S/C24H16BrClN2O4/c25-18-6-2-1-5-15(18)23-16-10-9-14(11-21(16)32-24(28)17(23)12-27)31-22(29)13-30-20-8-4-3-7-19(20)26/h1-11,23H,13,28H2. The molecule has 6 nitrogen and oxygen atoms in total. The van der Waals surface area contributed by atoms with E-state index >= 15 is 0 Å². The maximum Gasteiger partial charge on any atom is 0.349 e. The van der Waals surface area contributed by atoms with E-state index < -0.39 is 11.9 Å². The number of para-hydroxylation sites is 1. The summed E-state index contributed by atoms with van der Waals surface area (Å²) in [4.78, 5) is 12.2.